The lowest BCUT2D eigenvalue weighted by Crippen LogP contribution is -2.48. The first-order chi connectivity index (χ1) is 15.5. The van der Waals surface area contributed by atoms with Crippen molar-refractivity contribution in [2.75, 3.05) is 0 Å². The van der Waals surface area contributed by atoms with Gasteiger partial charge in [-0.05, 0) is 80.7 Å². The number of hydrogen-bond acceptors (Lipinski definition) is 4. The van der Waals surface area contributed by atoms with Gasteiger partial charge in [-0.1, -0.05) is 73.2 Å². The molecule has 3 aliphatic rings. The van der Waals surface area contributed by atoms with Gasteiger partial charge < -0.3 is 9.76 Å². The van der Waals surface area contributed by atoms with Gasteiger partial charge in [0.1, 0.15) is 0 Å². The monoisotopic (exact) mass is 473 g/mol. The van der Waals surface area contributed by atoms with Crippen molar-refractivity contribution in [1.82, 2.24) is 0 Å². The van der Waals surface area contributed by atoms with Gasteiger partial charge >= 0.3 is 7.48 Å². The first kappa shape index (κ1) is 23.1. The third kappa shape index (κ3) is 3.97. The number of allylic oxidation sites excluding steroid dienone is 6. The highest BCUT2D eigenvalue weighted by Gasteiger charge is 2.39. The average molecular weight is 473 g/mol. The number of rotatable bonds is 4. The summed E-state index contributed by atoms with van der Waals surface area (Å²) < 4.78 is 6.02. The average Bonchev–Trinajstić information content (AvgIpc) is 2.89. The Hall–Kier alpha value is -1.66. The molecule has 0 spiro atoms. The quantitative estimate of drug-likeness (QED) is 0.401. The molecule has 0 amide bonds. The highest BCUT2D eigenvalue weighted by atomic mass is 32.2. The van der Waals surface area contributed by atoms with E-state index in [1.807, 2.05) is 37.4 Å². The highest BCUT2D eigenvalue weighted by Crippen LogP contribution is 2.55. The number of aliphatic hydroxyl groups is 1. The molecule has 33 heavy (non-hydrogen) atoms. The Morgan fingerprint density at radius 1 is 0.939 bits per heavy atom. The minimum atomic E-state index is -0.938. The second-order valence-electron chi connectivity index (χ2n) is 10.6. The number of fused-ring (bicyclic) bond motifs is 4. The van der Waals surface area contributed by atoms with E-state index < -0.39 is 11.2 Å². The maximum atomic E-state index is 10.4. The summed E-state index contributed by atoms with van der Waals surface area (Å²) >= 11 is 3.77. The second kappa shape index (κ2) is 7.95. The van der Waals surface area contributed by atoms with Crippen molar-refractivity contribution in [3.05, 3.63) is 76.8 Å². The first-order valence-electron chi connectivity index (χ1n) is 11.5. The van der Waals surface area contributed by atoms with Gasteiger partial charge in [0.05, 0.1) is 11.2 Å². The molecule has 1 N–H and O–H groups in total. The van der Waals surface area contributed by atoms with Crippen LogP contribution >= 0.6 is 23.5 Å². The molecule has 1 heterocycles. The Morgan fingerprint density at radius 2 is 1.58 bits per heavy atom. The van der Waals surface area contributed by atoms with E-state index in [0.717, 1.165) is 11.9 Å². The van der Waals surface area contributed by atoms with E-state index in [2.05, 4.69) is 68.5 Å². The Balaban J connectivity index is 1.44. The lowest BCUT2D eigenvalue weighted by molar-refractivity contribution is -0.0896. The predicted molar refractivity (Wildman–Crippen MR) is 140 cm³/mol. The maximum absolute atomic E-state index is 10.4. The van der Waals surface area contributed by atoms with Crippen LogP contribution in [-0.2, 0) is 10.1 Å². The fourth-order valence-corrected chi connectivity index (χ4v) is 6.73. The molecule has 1 radical (unpaired) electrons. The Bertz CT molecular complexity index is 1230. The fourth-order valence-electron chi connectivity index (χ4n) is 4.45. The molecule has 0 bridgehead atoms. The summed E-state index contributed by atoms with van der Waals surface area (Å²) in [5.74, 6) is 0. The fraction of sp³-hybridized carbons (Fsp3) is 0.357. The lowest BCUT2D eigenvalue weighted by Gasteiger charge is -2.37. The summed E-state index contributed by atoms with van der Waals surface area (Å²) in [6.45, 7) is 12.1. The Morgan fingerprint density at radius 3 is 2.21 bits per heavy atom. The van der Waals surface area contributed by atoms with Crippen LogP contribution in [0.3, 0.4) is 0 Å². The first-order valence-corrected chi connectivity index (χ1v) is 13.1. The molecule has 169 valence electrons. The summed E-state index contributed by atoms with van der Waals surface area (Å²) in [4.78, 5) is 5.39. The molecule has 0 unspecified atom stereocenters. The van der Waals surface area contributed by atoms with Crippen LogP contribution in [0.1, 0.15) is 59.1 Å². The topological polar surface area (TPSA) is 29.5 Å². The summed E-state index contributed by atoms with van der Waals surface area (Å²) in [7, 11) is 1.79. The number of benzene rings is 2. The summed E-state index contributed by atoms with van der Waals surface area (Å²) in [5, 5.41) is 10.4. The predicted octanol–water partition coefficient (Wildman–Crippen LogP) is 7.38. The van der Waals surface area contributed by atoms with E-state index in [9.17, 15) is 5.11 Å². The molecular weight excluding hydrogens is 443 g/mol. The van der Waals surface area contributed by atoms with E-state index in [1.54, 1.807) is 21.3 Å². The minimum absolute atomic E-state index is 0.0467. The molecule has 5 heteroatoms. The van der Waals surface area contributed by atoms with Crippen LogP contribution in [0, 0.1) is 0 Å². The van der Waals surface area contributed by atoms with E-state index in [-0.39, 0.29) is 5.41 Å². The largest absolute Gasteiger partial charge is 0.427 e. The van der Waals surface area contributed by atoms with Crippen molar-refractivity contribution >= 4 is 36.6 Å². The second-order valence-corrected chi connectivity index (χ2v) is 12.7. The van der Waals surface area contributed by atoms with Crippen LogP contribution in [0.2, 0.25) is 0 Å². The van der Waals surface area contributed by atoms with Gasteiger partial charge in [0.2, 0.25) is 0 Å². The normalized spacial score (nSPS) is 18.7. The van der Waals surface area contributed by atoms with Gasteiger partial charge in [-0.15, -0.1) is 0 Å². The van der Waals surface area contributed by atoms with Gasteiger partial charge in [-0.25, -0.2) is 0 Å². The van der Waals surface area contributed by atoms with Crippen molar-refractivity contribution in [2.45, 2.75) is 84.2 Å². The molecular formula is C28H30BO2S2. The lowest BCUT2D eigenvalue weighted by atomic mass is 9.79. The number of hydrogen-bond donors (Lipinski definition) is 1. The van der Waals surface area contributed by atoms with Crippen molar-refractivity contribution < 1.29 is 9.76 Å². The molecule has 0 fully saturated rings. The Kier molecular flexibility index (Phi) is 5.56. The van der Waals surface area contributed by atoms with E-state index in [4.69, 9.17) is 4.65 Å². The minimum Gasteiger partial charge on any atom is -0.427 e. The molecule has 0 saturated heterocycles. The van der Waals surface area contributed by atoms with Crippen LogP contribution in [0.25, 0.3) is 5.57 Å². The van der Waals surface area contributed by atoms with E-state index in [1.165, 1.54) is 41.9 Å². The zero-order valence-electron chi connectivity index (χ0n) is 20.2. The van der Waals surface area contributed by atoms with Crippen LogP contribution in [0.15, 0.2) is 85.3 Å². The van der Waals surface area contributed by atoms with Crippen LogP contribution in [0.5, 0.6) is 0 Å². The Labute approximate surface area is 206 Å². The summed E-state index contributed by atoms with van der Waals surface area (Å²) in [6.07, 6.45) is 7.51. The molecule has 0 aromatic heterocycles. The van der Waals surface area contributed by atoms with Crippen LogP contribution < -0.4 is 0 Å². The molecule has 2 aliphatic carbocycles. The van der Waals surface area contributed by atoms with Crippen molar-refractivity contribution in [3.63, 3.8) is 0 Å². The summed E-state index contributed by atoms with van der Waals surface area (Å²) in [5.41, 5.74) is 4.96. The zero-order chi connectivity index (χ0) is 23.6. The van der Waals surface area contributed by atoms with Crippen molar-refractivity contribution in [3.8, 4) is 0 Å². The smallest absolute Gasteiger partial charge is 0.330 e. The van der Waals surface area contributed by atoms with Gasteiger partial charge in [-0.2, -0.15) is 0 Å². The van der Waals surface area contributed by atoms with Gasteiger partial charge in [0.15, 0.2) is 0 Å². The van der Waals surface area contributed by atoms with E-state index in [0.29, 0.717) is 0 Å². The summed E-state index contributed by atoms with van der Waals surface area (Å²) in [6, 6.07) is 13.5. The molecule has 2 aromatic rings. The molecule has 2 nitrogen and oxygen atoms in total. The van der Waals surface area contributed by atoms with Gasteiger partial charge in [-0.3, -0.25) is 0 Å². The third-order valence-electron chi connectivity index (χ3n) is 7.32. The highest BCUT2D eigenvalue weighted by molar-refractivity contribution is 8.05. The van der Waals surface area contributed by atoms with Crippen molar-refractivity contribution in [2.24, 2.45) is 0 Å². The third-order valence-corrected chi connectivity index (χ3v) is 9.84. The SMILES string of the molecule is CC1(C)C2=C(CC=C([B]OC(C)(C)C(C)(C)O)C=C2)c2cc3c(cc21)Sc1ccccc1S3. The van der Waals surface area contributed by atoms with Crippen molar-refractivity contribution in [1.29, 1.82) is 0 Å². The van der Waals surface area contributed by atoms with Gasteiger partial charge in [0.25, 0.3) is 0 Å². The molecule has 0 saturated carbocycles. The van der Waals surface area contributed by atoms with E-state index >= 15 is 0 Å². The molecule has 0 atom stereocenters. The standard InChI is InChI=1S/C28H30BO2S2/c1-26(2)20-14-12-17(29-31-28(5,6)27(3,4)30)11-13-18(20)19-15-24-25(16-21(19)26)33-23-10-8-7-9-22(23)32-24/h7-12,14-16,30H,13H2,1-6H3. The van der Waals surface area contributed by atoms with Crippen LogP contribution in [-0.4, -0.2) is 23.8 Å². The van der Waals surface area contributed by atoms with Crippen LogP contribution in [0.4, 0.5) is 0 Å². The zero-order valence-corrected chi connectivity index (χ0v) is 21.8. The molecule has 2 aromatic carbocycles. The molecule has 1 aliphatic heterocycles. The maximum Gasteiger partial charge on any atom is 0.330 e. The van der Waals surface area contributed by atoms with Gasteiger partial charge in [0, 0.05) is 25.0 Å². The molecule has 5 rings (SSSR count).